The maximum Gasteiger partial charge on any atom is 0.258 e. The first-order valence-corrected chi connectivity index (χ1v) is 14.4. The summed E-state index contributed by atoms with van der Waals surface area (Å²) in [6, 6.07) is 4.24. The molecular formula is C29H39FN4O4S. The van der Waals surface area contributed by atoms with Crippen LogP contribution < -0.4 is 10.6 Å². The molecular weight excluding hydrogens is 519 g/mol. The standard InChI is InChI=1S/C29H39FN4O4S/c1-16(2)21-11-18(23-17(3)32-15-39-23)7-8-19(21)13-31-25(36)22-12-20(35)14-34(22)26(37)24(28(4,5)6)33-27(38)29(30)9-10-29/h7-8,11,15-16,20,22,24,35H,9-10,12-14H2,1-6H3,(H,31,36)(H,33,38). The quantitative estimate of drug-likeness (QED) is 0.456. The predicted octanol–water partition coefficient (Wildman–Crippen LogP) is 3.85. The number of thiazole rings is 1. The maximum absolute atomic E-state index is 14.4. The second kappa shape index (κ2) is 11.0. The molecule has 4 rings (SSSR count). The van der Waals surface area contributed by atoms with Crippen LogP contribution in [0, 0.1) is 12.3 Å². The highest BCUT2D eigenvalue weighted by Gasteiger charge is 2.53. The second-order valence-electron chi connectivity index (χ2n) is 12.2. The van der Waals surface area contributed by atoms with Gasteiger partial charge in [0, 0.05) is 19.5 Å². The molecule has 0 bridgehead atoms. The van der Waals surface area contributed by atoms with Crippen molar-refractivity contribution < 1.29 is 23.9 Å². The van der Waals surface area contributed by atoms with Crippen LogP contribution in [0.1, 0.15) is 76.6 Å². The molecule has 2 aliphatic rings. The molecule has 2 fully saturated rings. The number of benzene rings is 1. The third-order valence-electron chi connectivity index (χ3n) is 7.58. The van der Waals surface area contributed by atoms with Crippen molar-refractivity contribution in [1.29, 1.82) is 0 Å². The van der Waals surface area contributed by atoms with Crippen molar-refractivity contribution in [3.8, 4) is 10.4 Å². The summed E-state index contributed by atoms with van der Waals surface area (Å²) in [5.41, 5.74) is 3.32. The highest BCUT2D eigenvalue weighted by molar-refractivity contribution is 7.13. The van der Waals surface area contributed by atoms with E-state index in [1.54, 1.807) is 32.1 Å². The minimum atomic E-state index is -1.92. The summed E-state index contributed by atoms with van der Waals surface area (Å²) in [5.74, 6) is -1.45. The van der Waals surface area contributed by atoms with Crippen molar-refractivity contribution >= 4 is 29.1 Å². The highest BCUT2D eigenvalue weighted by atomic mass is 32.1. The molecule has 8 nitrogen and oxygen atoms in total. The number of nitrogens with one attached hydrogen (secondary N) is 2. The van der Waals surface area contributed by atoms with Crippen molar-refractivity contribution in [2.75, 3.05) is 6.54 Å². The van der Waals surface area contributed by atoms with Gasteiger partial charge in [-0.15, -0.1) is 11.3 Å². The zero-order chi connectivity index (χ0) is 28.7. The Hall–Kier alpha value is -2.85. The third kappa shape index (κ3) is 6.32. The number of aliphatic hydroxyl groups excluding tert-OH is 1. The molecule has 1 aliphatic heterocycles. The Morgan fingerprint density at radius 1 is 1.26 bits per heavy atom. The summed E-state index contributed by atoms with van der Waals surface area (Å²) < 4.78 is 14.4. The Morgan fingerprint density at radius 2 is 1.95 bits per heavy atom. The number of carbonyl (C=O) groups excluding carboxylic acids is 3. The molecule has 3 atom stereocenters. The van der Waals surface area contributed by atoms with Crippen molar-refractivity contribution in [2.45, 2.75) is 97.1 Å². The molecule has 0 spiro atoms. The zero-order valence-corrected chi connectivity index (χ0v) is 24.3. The molecule has 1 aromatic carbocycles. The van der Waals surface area contributed by atoms with Crippen molar-refractivity contribution in [3.05, 3.63) is 40.5 Å². The number of likely N-dealkylation sites (tertiary alicyclic amines) is 1. The number of hydrogen-bond acceptors (Lipinski definition) is 6. The number of amides is 3. The van der Waals surface area contributed by atoms with Gasteiger partial charge in [-0.1, -0.05) is 46.8 Å². The highest BCUT2D eigenvalue weighted by Crippen LogP contribution is 2.40. The maximum atomic E-state index is 14.4. The van der Waals surface area contributed by atoms with E-state index in [0.29, 0.717) is 0 Å². The third-order valence-corrected chi connectivity index (χ3v) is 8.56. The molecule has 1 aromatic heterocycles. The van der Waals surface area contributed by atoms with Gasteiger partial charge in [-0.3, -0.25) is 14.4 Å². The van der Waals surface area contributed by atoms with Gasteiger partial charge in [0.1, 0.15) is 12.1 Å². The summed E-state index contributed by atoms with van der Waals surface area (Å²) in [7, 11) is 0. The van der Waals surface area contributed by atoms with Gasteiger partial charge in [-0.05, 0) is 53.9 Å². The number of alkyl halides is 1. The summed E-state index contributed by atoms with van der Waals surface area (Å²) >= 11 is 1.59. The minimum Gasteiger partial charge on any atom is -0.391 e. The van der Waals surface area contributed by atoms with Crippen LogP contribution in [0.2, 0.25) is 0 Å². The molecule has 3 amide bonds. The molecule has 3 unspecified atom stereocenters. The van der Waals surface area contributed by atoms with Crippen LogP contribution in [0.25, 0.3) is 10.4 Å². The van der Waals surface area contributed by atoms with Crippen LogP contribution in [-0.4, -0.2) is 63.1 Å². The van der Waals surface area contributed by atoms with E-state index in [4.69, 9.17) is 0 Å². The average Bonchev–Trinajstić information content (AvgIpc) is 3.28. The Kier molecular flexibility index (Phi) is 8.19. The van der Waals surface area contributed by atoms with E-state index in [2.05, 4.69) is 35.5 Å². The number of carbonyl (C=O) groups is 3. The fraction of sp³-hybridized carbons (Fsp3) is 0.586. The molecule has 2 heterocycles. The number of aromatic nitrogens is 1. The molecule has 212 valence electrons. The number of hydrogen-bond donors (Lipinski definition) is 3. The summed E-state index contributed by atoms with van der Waals surface area (Å²) in [4.78, 5) is 46.2. The number of aryl methyl sites for hydroxylation is 1. The monoisotopic (exact) mass is 558 g/mol. The molecule has 1 saturated heterocycles. The van der Waals surface area contributed by atoms with Gasteiger partial charge in [-0.2, -0.15) is 0 Å². The SMILES string of the molecule is Cc1ncsc1-c1ccc(CNC(=O)C2CC(O)CN2C(=O)C(NC(=O)C2(F)CC2)C(C)(C)C)c(C(C)C)c1. The molecule has 0 radical (unpaired) electrons. The number of halogens is 1. The number of aliphatic hydroxyl groups is 1. The van der Waals surface area contributed by atoms with E-state index in [1.807, 2.05) is 24.6 Å². The lowest BCUT2D eigenvalue weighted by atomic mass is 9.85. The smallest absolute Gasteiger partial charge is 0.258 e. The largest absolute Gasteiger partial charge is 0.391 e. The van der Waals surface area contributed by atoms with Gasteiger partial charge in [-0.25, -0.2) is 9.37 Å². The minimum absolute atomic E-state index is 0.0275. The number of rotatable bonds is 8. The Balaban J connectivity index is 1.49. The average molecular weight is 559 g/mol. The fourth-order valence-corrected chi connectivity index (χ4v) is 5.83. The number of nitrogens with zero attached hydrogens (tertiary/aromatic N) is 2. The lowest BCUT2D eigenvalue weighted by molar-refractivity contribution is -0.145. The van der Waals surface area contributed by atoms with Gasteiger partial charge < -0.3 is 20.6 Å². The van der Waals surface area contributed by atoms with Gasteiger partial charge in [0.05, 0.1) is 22.2 Å². The topological polar surface area (TPSA) is 112 Å². The van der Waals surface area contributed by atoms with Crippen molar-refractivity contribution in [1.82, 2.24) is 20.5 Å². The summed E-state index contributed by atoms with van der Waals surface area (Å²) in [6.45, 7) is 11.8. The van der Waals surface area contributed by atoms with E-state index in [9.17, 15) is 23.9 Å². The molecule has 3 N–H and O–H groups in total. The van der Waals surface area contributed by atoms with Crippen molar-refractivity contribution in [3.63, 3.8) is 0 Å². The Labute approximate surface area is 233 Å². The zero-order valence-electron chi connectivity index (χ0n) is 23.5. The molecule has 39 heavy (non-hydrogen) atoms. The Bertz CT molecular complexity index is 1250. The van der Waals surface area contributed by atoms with Crippen LogP contribution in [0.3, 0.4) is 0 Å². The summed E-state index contributed by atoms with van der Waals surface area (Å²) in [5, 5.41) is 15.9. The first-order valence-electron chi connectivity index (χ1n) is 13.5. The van der Waals surface area contributed by atoms with Crippen LogP contribution in [0.4, 0.5) is 4.39 Å². The van der Waals surface area contributed by atoms with Crippen molar-refractivity contribution in [2.24, 2.45) is 5.41 Å². The molecule has 10 heteroatoms. The Morgan fingerprint density at radius 3 is 2.51 bits per heavy atom. The van der Waals surface area contributed by atoms with Crippen LogP contribution in [0.15, 0.2) is 23.7 Å². The fourth-order valence-electron chi connectivity index (χ4n) is 5.03. The van der Waals surface area contributed by atoms with Crippen LogP contribution >= 0.6 is 11.3 Å². The van der Waals surface area contributed by atoms with Crippen LogP contribution in [0.5, 0.6) is 0 Å². The summed E-state index contributed by atoms with van der Waals surface area (Å²) in [6.07, 6.45) is -0.498. The molecule has 1 aliphatic carbocycles. The lowest BCUT2D eigenvalue weighted by Crippen LogP contribution is -2.59. The number of β-amino-alcohol motifs (C(OH)–C–C–N with tert-alkyl or cyclic N) is 1. The van der Waals surface area contributed by atoms with E-state index in [0.717, 1.165) is 27.3 Å². The lowest BCUT2D eigenvalue weighted by Gasteiger charge is -2.35. The second-order valence-corrected chi connectivity index (χ2v) is 13.0. The molecule has 1 saturated carbocycles. The van der Waals surface area contributed by atoms with E-state index in [-0.39, 0.29) is 44.2 Å². The van der Waals surface area contributed by atoms with Gasteiger partial charge >= 0.3 is 0 Å². The van der Waals surface area contributed by atoms with Gasteiger partial charge in [0.2, 0.25) is 11.8 Å². The van der Waals surface area contributed by atoms with Gasteiger partial charge in [0.25, 0.3) is 5.91 Å². The van der Waals surface area contributed by atoms with E-state index in [1.165, 1.54) is 4.90 Å². The predicted molar refractivity (Wildman–Crippen MR) is 149 cm³/mol. The van der Waals surface area contributed by atoms with E-state index < -0.39 is 41.1 Å². The first kappa shape index (κ1) is 29.1. The van der Waals surface area contributed by atoms with Crippen LogP contribution in [-0.2, 0) is 20.9 Å². The van der Waals surface area contributed by atoms with E-state index >= 15 is 0 Å². The normalized spacial score (nSPS) is 21.1. The first-order chi connectivity index (χ1) is 18.2. The van der Waals surface area contributed by atoms with Gasteiger partial charge in [0.15, 0.2) is 5.67 Å². The molecule has 2 aromatic rings.